The maximum atomic E-state index is 6.04. The Balaban J connectivity index is 1.81. The number of guanidine groups is 1. The van der Waals surface area contributed by atoms with Crippen LogP contribution in [0.3, 0.4) is 0 Å². The van der Waals surface area contributed by atoms with Crippen LogP contribution in [0.15, 0.2) is 29.3 Å². The third kappa shape index (κ3) is 7.04. The Labute approximate surface area is 152 Å². The third-order valence-electron chi connectivity index (χ3n) is 4.52. The molecule has 1 aliphatic rings. The summed E-state index contributed by atoms with van der Waals surface area (Å²) in [5.41, 5.74) is 8.22. The number of rotatable bonds is 7. The maximum Gasteiger partial charge on any atom is 0.188 e. The molecule has 1 atom stereocenters. The summed E-state index contributed by atoms with van der Waals surface area (Å²) in [6.07, 6.45) is 2.52. The van der Waals surface area contributed by atoms with Crippen LogP contribution < -0.4 is 11.1 Å². The number of hydrogen-bond donors (Lipinski definition) is 2. The van der Waals surface area contributed by atoms with Crippen molar-refractivity contribution < 1.29 is 4.74 Å². The number of likely N-dealkylation sites (tertiary alicyclic amines) is 1. The van der Waals surface area contributed by atoms with Gasteiger partial charge in [0.05, 0.1) is 18.8 Å². The van der Waals surface area contributed by atoms with Crippen molar-refractivity contribution in [2.75, 3.05) is 19.6 Å². The average molecular weight is 347 g/mol. The average Bonchev–Trinajstić information content (AvgIpc) is 3.03. The second-order valence-electron chi connectivity index (χ2n) is 7.73. The zero-order valence-corrected chi connectivity index (χ0v) is 16.2. The van der Waals surface area contributed by atoms with Gasteiger partial charge in [0.25, 0.3) is 0 Å². The largest absolute Gasteiger partial charge is 0.371 e. The molecule has 1 saturated heterocycles. The predicted molar refractivity (Wildman–Crippen MR) is 105 cm³/mol. The highest BCUT2D eigenvalue weighted by molar-refractivity contribution is 5.77. The summed E-state index contributed by atoms with van der Waals surface area (Å²) in [4.78, 5) is 6.98. The summed E-state index contributed by atoms with van der Waals surface area (Å²) in [5.74, 6) is 0.527. The van der Waals surface area contributed by atoms with Gasteiger partial charge in [0.2, 0.25) is 0 Å². The number of nitrogens with two attached hydrogens (primary N) is 1. The molecular formula is C20H34N4O. The van der Waals surface area contributed by atoms with Gasteiger partial charge in [0.15, 0.2) is 5.96 Å². The van der Waals surface area contributed by atoms with Crippen LogP contribution in [-0.2, 0) is 17.9 Å². The van der Waals surface area contributed by atoms with E-state index >= 15 is 0 Å². The molecule has 0 aromatic heterocycles. The van der Waals surface area contributed by atoms with Gasteiger partial charge in [0, 0.05) is 12.6 Å². The number of nitrogens with one attached hydrogen (secondary N) is 1. The maximum absolute atomic E-state index is 6.04. The molecule has 1 fully saturated rings. The van der Waals surface area contributed by atoms with Gasteiger partial charge in [-0.3, -0.25) is 4.90 Å². The normalized spacial score (nSPS) is 19.4. The minimum absolute atomic E-state index is 0.130. The van der Waals surface area contributed by atoms with E-state index in [9.17, 15) is 0 Å². The van der Waals surface area contributed by atoms with Crippen molar-refractivity contribution in [2.24, 2.45) is 10.7 Å². The quantitative estimate of drug-likeness (QED) is 0.589. The Hall–Kier alpha value is -1.59. The molecule has 140 valence electrons. The fourth-order valence-electron chi connectivity index (χ4n) is 3.11. The second-order valence-corrected chi connectivity index (χ2v) is 7.73. The van der Waals surface area contributed by atoms with Crippen molar-refractivity contribution in [2.45, 2.75) is 65.3 Å². The standard InChI is InChI=1S/C20H34N4O/c1-5-24-11-7-10-18(24)14-23-19(21)22-13-16-8-6-9-17(12-16)15-25-20(2,3)4/h6,8-9,12,18H,5,7,10-11,13-15H2,1-4H3,(H3,21,22,23). The second kappa shape index (κ2) is 9.20. The van der Waals surface area contributed by atoms with Gasteiger partial charge < -0.3 is 15.8 Å². The first-order valence-corrected chi connectivity index (χ1v) is 9.37. The highest BCUT2D eigenvalue weighted by Gasteiger charge is 2.22. The van der Waals surface area contributed by atoms with Gasteiger partial charge in [-0.15, -0.1) is 0 Å². The van der Waals surface area contributed by atoms with E-state index in [0.29, 0.717) is 25.2 Å². The number of likely N-dealkylation sites (N-methyl/N-ethyl adjacent to an activating group) is 1. The van der Waals surface area contributed by atoms with E-state index in [1.165, 1.54) is 24.9 Å². The molecule has 0 aliphatic carbocycles. The summed E-state index contributed by atoms with van der Waals surface area (Å²) >= 11 is 0. The molecular weight excluding hydrogens is 312 g/mol. The summed E-state index contributed by atoms with van der Waals surface area (Å²) < 4.78 is 5.83. The summed E-state index contributed by atoms with van der Waals surface area (Å²) in [5, 5.41) is 3.28. The first-order valence-electron chi connectivity index (χ1n) is 9.37. The van der Waals surface area contributed by atoms with E-state index in [1.807, 2.05) is 6.07 Å². The fourth-order valence-corrected chi connectivity index (χ4v) is 3.11. The van der Waals surface area contributed by atoms with Crippen LogP contribution in [0.25, 0.3) is 0 Å². The molecule has 0 radical (unpaired) electrons. The van der Waals surface area contributed by atoms with E-state index in [1.54, 1.807) is 0 Å². The summed E-state index contributed by atoms with van der Waals surface area (Å²) in [6, 6.07) is 8.93. The Morgan fingerprint density at radius 2 is 2.12 bits per heavy atom. The molecule has 2 rings (SSSR count). The van der Waals surface area contributed by atoms with Gasteiger partial charge in [-0.25, -0.2) is 4.99 Å². The van der Waals surface area contributed by atoms with Crippen LogP contribution in [0, 0.1) is 0 Å². The monoisotopic (exact) mass is 346 g/mol. The molecule has 0 bridgehead atoms. The molecule has 0 amide bonds. The number of ether oxygens (including phenoxy) is 1. The third-order valence-corrected chi connectivity index (χ3v) is 4.52. The van der Waals surface area contributed by atoms with Crippen LogP contribution in [-0.4, -0.2) is 42.1 Å². The molecule has 25 heavy (non-hydrogen) atoms. The minimum Gasteiger partial charge on any atom is -0.371 e. The van der Waals surface area contributed by atoms with Crippen LogP contribution in [0.2, 0.25) is 0 Å². The van der Waals surface area contributed by atoms with Crippen molar-refractivity contribution in [1.29, 1.82) is 0 Å². The Morgan fingerprint density at radius 3 is 2.84 bits per heavy atom. The summed E-state index contributed by atoms with van der Waals surface area (Å²) in [7, 11) is 0. The number of aliphatic imine (C=N–C) groups is 1. The highest BCUT2D eigenvalue weighted by atomic mass is 16.5. The lowest BCUT2D eigenvalue weighted by atomic mass is 10.1. The van der Waals surface area contributed by atoms with Crippen LogP contribution >= 0.6 is 0 Å². The smallest absolute Gasteiger partial charge is 0.188 e. The molecule has 3 N–H and O–H groups in total. The predicted octanol–water partition coefficient (Wildman–Crippen LogP) is 2.89. The van der Waals surface area contributed by atoms with Crippen LogP contribution in [0.5, 0.6) is 0 Å². The highest BCUT2D eigenvalue weighted by Crippen LogP contribution is 2.16. The zero-order valence-electron chi connectivity index (χ0n) is 16.2. The molecule has 1 unspecified atom stereocenters. The molecule has 1 aromatic rings. The lowest BCUT2D eigenvalue weighted by molar-refractivity contribution is -0.0149. The lowest BCUT2D eigenvalue weighted by Gasteiger charge is -2.23. The van der Waals surface area contributed by atoms with E-state index in [-0.39, 0.29) is 5.60 Å². The molecule has 5 nitrogen and oxygen atoms in total. The Bertz CT molecular complexity index is 565. The molecule has 1 heterocycles. The number of hydrogen-bond acceptors (Lipinski definition) is 3. The lowest BCUT2D eigenvalue weighted by Crippen LogP contribution is -2.42. The Morgan fingerprint density at radius 1 is 1.36 bits per heavy atom. The van der Waals surface area contributed by atoms with Crippen molar-refractivity contribution in [3.8, 4) is 0 Å². The van der Waals surface area contributed by atoms with Crippen molar-refractivity contribution in [1.82, 2.24) is 10.2 Å². The topological polar surface area (TPSA) is 62.9 Å². The number of nitrogens with zero attached hydrogens (tertiary/aromatic N) is 2. The minimum atomic E-state index is -0.130. The van der Waals surface area contributed by atoms with Gasteiger partial charge >= 0.3 is 0 Å². The Kier molecular flexibility index (Phi) is 7.26. The molecule has 0 spiro atoms. The fraction of sp³-hybridized carbons (Fsp3) is 0.650. The number of benzene rings is 1. The molecule has 1 aromatic carbocycles. The van der Waals surface area contributed by atoms with E-state index in [4.69, 9.17) is 10.5 Å². The first-order chi connectivity index (χ1) is 11.9. The molecule has 1 aliphatic heterocycles. The van der Waals surface area contributed by atoms with Crippen molar-refractivity contribution >= 4 is 5.96 Å². The van der Waals surface area contributed by atoms with E-state index in [0.717, 1.165) is 18.7 Å². The van der Waals surface area contributed by atoms with Crippen molar-refractivity contribution in [3.05, 3.63) is 35.4 Å². The zero-order chi connectivity index (χ0) is 18.3. The summed E-state index contributed by atoms with van der Waals surface area (Å²) in [6.45, 7) is 12.8. The first kappa shape index (κ1) is 19.7. The SMILES string of the molecule is CCN1CCCC1CNC(N)=NCc1cccc(COC(C)(C)C)c1. The van der Waals surface area contributed by atoms with Gasteiger partial charge in [-0.2, -0.15) is 0 Å². The van der Waals surface area contributed by atoms with Crippen LogP contribution in [0.1, 0.15) is 51.7 Å². The van der Waals surface area contributed by atoms with E-state index in [2.05, 4.69) is 61.1 Å². The van der Waals surface area contributed by atoms with Gasteiger partial charge in [-0.1, -0.05) is 31.2 Å². The van der Waals surface area contributed by atoms with Crippen molar-refractivity contribution in [3.63, 3.8) is 0 Å². The van der Waals surface area contributed by atoms with Crippen LogP contribution in [0.4, 0.5) is 0 Å². The van der Waals surface area contributed by atoms with Gasteiger partial charge in [0.1, 0.15) is 0 Å². The van der Waals surface area contributed by atoms with Gasteiger partial charge in [-0.05, 0) is 57.8 Å². The molecule has 5 heteroatoms. The molecule has 0 saturated carbocycles. The van der Waals surface area contributed by atoms with E-state index < -0.39 is 0 Å².